The predicted molar refractivity (Wildman–Crippen MR) is 269 cm³/mol. The first-order chi connectivity index (χ1) is 31.0. The molecule has 0 fully saturated rings. The Morgan fingerprint density at radius 2 is 0.651 bits per heavy atom. The van der Waals surface area contributed by atoms with Crippen molar-refractivity contribution in [2.45, 2.75) is 194 Å². The largest absolute Gasteiger partial charge is 0.462 e. The van der Waals surface area contributed by atoms with Gasteiger partial charge in [-0.1, -0.05) is 199 Å². The molecule has 0 amide bonds. The minimum Gasteiger partial charge on any atom is -0.462 e. The maximum Gasteiger partial charge on any atom is 0.306 e. The number of allylic oxidation sites excluding steroid dienone is 22. The van der Waals surface area contributed by atoms with E-state index in [0.29, 0.717) is 12.8 Å². The van der Waals surface area contributed by atoms with Crippen LogP contribution in [0.2, 0.25) is 0 Å². The molecular formula is C57H88O6. The minimum absolute atomic E-state index is 0.113. The van der Waals surface area contributed by atoms with E-state index in [-0.39, 0.29) is 37.5 Å². The Morgan fingerprint density at radius 1 is 0.333 bits per heavy atom. The molecule has 0 bridgehead atoms. The highest BCUT2D eigenvalue weighted by atomic mass is 16.6. The molecule has 0 aromatic heterocycles. The summed E-state index contributed by atoms with van der Waals surface area (Å²) < 4.78 is 16.7. The van der Waals surface area contributed by atoms with E-state index < -0.39 is 6.10 Å². The van der Waals surface area contributed by atoms with Crippen LogP contribution in [0.15, 0.2) is 134 Å². The fourth-order valence-electron chi connectivity index (χ4n) is 6.11. The van der Waals surface area contributed by atoms with Crippen LogP contribution in [0.1, 0.15) is 188 Å². The summed E-state index contributed by atoms with van der Waals surface area (Å²) in [7, 11) is 0. The topological polar surface area (TPSA) is 78.9 Å². The molecule has 0 saturated carbocycles. The van der Waals surface area contributed by atoms with E-state index in [2.05, 4.69) is 142 Å². The Labute approximate surface area is 385 Å². The third-order valence-corrected chi connectivity index (χ3v) is 9.75. The first-order valence-electron chi connectivity index (χ1n) is 24.8. The average molecular weight is 869 g/mol. The summed E-state index contributed by atoms with van der Waals surface area (Å²) >= 11 is 0. The van der Waals surface area contributed by atoms with Crippen molar-refractivity contribution >= 4 is 17.9 Å². The summed E-state index contributed by atoms with van der Waals surface area (Å²) in [6.07, 6.45) is 70.0. The Balaban J connectivity index is 4.52. The molecule has 0 aliphatic heterocycles. The number of unbranched alkanes of at least 4 members (excludes halogenated alkanes) is 13. The van der Waals surface area contributed by atoms with E-state index >= 15 is 0 Å². The van der Waals surface area contributed by atoms with Crippen LogP contribution in [0, 0.1) is 0 Å². The van der Waals surface area contributed by atoms with Gasteiger partial charge in [0.05, 0.1) is 0 Å². The van der Waals surface area contributed by atoms with Crippen molar-refractivity contribution < 1.29 is 28.6 Å². The monoisotopic (exact) mass is 869 g/mol. The fourth-order valence-corrected chi connectivity index (χ4v) is 6.11. The van der Waals surface area contributed by atoms with Crippen molar-refractivity contribution in [3.8, 4) is 0 Å². The van der Waals surface area contributed by atoms with Gasteiger partial charge in [0.1, 0.15) is 13.2 Å². The lowest BCUT2D eigenvalue weighted by Crippen LogP contribution is -2.30. The zero-order valence-corrected chi connectivity index (χ0v) is 40.0. The molecule has 0 N–H and O–H groups in total. The zero-order chi connectivity index (χ0) is 45.8. The third-order valence-electron chi connectivity index (χ3n) is 9.75. The Bertz CT molecular complexity index is 1420. The molecule has 0 spiro atoms. The van der Waals surface area contributed by atoms with Gasteiger partial charge in [-0.3, -0.25) is 14.4 Å². The van der Waals surface area contributed by atoms with Crippen LogP contribution in [0.5, 0.6) is 0 Å². The minimum atomic E-state index is -0.815. The molecule has 0 aliphatic carbocycles. The molecule has 6 heteroatoms. The van der Waals surface area contributed by atoms with E-state index in [1.54, 1.807) is 0 Å². The quantitative estimate of drug-likeness (QED) is 0.0200. The Kier molecular flexibility index (Phi) is 46.7. The number of carbonyl (C=O) groups excluding carboxylic acids is 3. The molecule has 0 aromatic rings. The van der Waals surface area contributed by atoms with Crippen molar-refractivity contribution in [1.82, 2.24) is 0 Å². The van der Waals surface area contributed by atoms with E-state index in [1.165, 1.54) is 0 Å². The van der Waals surface area contributed by atoms with Gasteiger partial charge in [-0.25, -0.2) is 0 Å². The molecule has 1 unspecified atom stereocenters. The van der Waals surface area contributed by atoms with Crippen LogP contribution >= 0.6 is 0 Å². The number of hydrogen-bond acceptors (Lipinski definition) is 6. The van der Waals surface area contributed by atoms with Crippen LogP contribution in [-0.2, 0) is 28.6 Å². The third kappa shape index (κ3) is 48.4. The number of rotatable bonds is 42. The summed E-state index contributed by atoms with van der Waals surface area (Å²) in [5.74, 6) is -0.998. The van der Waals surface area contributed by atoms with E-state index in [4.69, 9.17) is 14.2 Å². The normalized spacial score (nSPS) is 13.3. The van der Waals surface area contributed by atoms with Crippen molar-refractivity contribution in [3.63, 3.8) is 0 Å². The molecule has 63 heavy (non-hydrogen) atoms. The lowest BCUT2D eigenvalue weighted by Gasteiger charge is -2.18. The fraction of sp³-hybridized carbons (Fsp3) is 0.561. The highest BCUT2D eigenvalue weighted by Gasteiger charge is 2.19. The highest BCUT2D eigenvalue weighted by molar-refractivity contribution is 5.71. The van der Waals surface area contributed by atoms with E-state index in [9.17, 15) is 14.4 Å². The van der Waals surface area contributed by atoms with Gasteiger partial charge in [0.15, 0.2) is 6.10 Å². The van der Waals surface area contributed by atoms with Crippen LogP contribution in [0.4, 0.5) is 0 Å². The number of hydrogen-bond donors (Lipinski definition) is 0. The molecule has 6 nitrogen and oxygen atoms in total. The molecule has 0 heterocycles. The lowest BCUT2D eigenvalue weighted by atomic mass is 10.1. The second-order valence-corrected chi connectivity index (χ2v) is 15.7. The Morgan fingerprint density at radius 3 is 1.08 bits per heavy atom. The summed E-state index contributed by atoms with van der Waals surface area (Å²) in [5, 5.41) is 0. The highest BCUT2D eigenvalue weighted by Crippen LogP contribution is 2.12. The molecule has 0 saturated heterocycles. The predicted octanol–water partition coefficient (Wildman–Crippen LogP) is 16.3. The van der Waals surface area contributed by atoms with Crippen molar-refractivity contribution in [1.29, 1.82) is 0 Å². The van der Waals surface area contributed by atoms with Crippen molar-refractivity contribution in [2.75, 3.05) is 13.2 Å². The number of ether oxygens (including phenoxy) is 3. The number of esters is 3. The van der Waals surface area contributed by atoms with Crippen molar-refractivity contribution in [3.05, 3.63) is 134 Å². The SMILES string of the molecule is CC\C=C/C=C\C=C/CCCCCCCC(=O)OCC(COC(=O)CCCCC/C=C\C/C=C\C/C=C\C/C=C\C/C=C\CC)OC(=O)CCCCCCC\C=C/C=C\C=C/CC. The van der Waals surface area contributed by atoms with Crippen LogP contribution in [-0.4, -0.2) is 37.2 Å². The first-order valence-corrected chi connectivity index (χ1v) is 24.8. The van der Waals surface area contributed by atoms with Crippen LogP contribution in [0.25, 0.3) is 0 Å². The summed E-state index contributed by atoms with van der Waals surface area (Å²) in [6, 6.07) is 0. The van der Waals surface area contributed by atoms with Gasteiger partial charge < -0.3 is 14.2 Å². The van der Waals surface area contributed by atoms with Gasteiger partial charge in [0.2, 0.25) is 0 Å². The smallest absolute Gasteiger partial charge is 0.306 e. The molecule has 0 radical (unpaired) electrons. The van der Waals surface area contributed by atoms with E-state index in [0.717, 1.165) is 148 Å². The molecule has 0 aromatic carbocycles. The standard InChI is InChI=1S/C57H88O6/c1-4-7-10-13-16-19-22-25-26-27-28-29-30-33-35-38-41-44-47-50-56(59)62-53-54(63-57(60)51-48-45-42-39-36-32-24-21-18-15-12-9-6-3)52-61-55(58)49-46-43-40-37-34-31-23-20-17-14-11-8-5-2/h7-12,14-21,23-26,28-29,33,35,54H,4-6,13,22,27,30-32,34,36-53H2,1-3H3/b10-7-,11-8-,12-9-,17-14-,18-15-,19-16-,23-20-,24-21-,26-25-,29-28-,35-33-. The maximum absolute atomic E-state index is 12.8. The van der Waals surface area contributed by atoms with E-state index in [1.807, 2.05) is 12.2 Å². The molecule has 0 aliphatic rings. The van der Waals surface area contributed by atoms with Gasteiger partial charge in [-0.15, -0.1) is 0 Å². The van der Waals surface area contributed by atoms with Gasteiger partial charge in [-0.2, -0.15) is 0 Å². The van der Waals surface area contributed by atoms with Crippen LogP contribution < -0.4 is 0 Å². The molecule has 352 valence electrons. The maximum atomic E-state index is 12.8. The first kappa shape index (κ1) is 58.6. The summed E-state index contributed by atoms with van der Waals surface area (Å²) in [6.45, 7) is 6.16. The summed E-state index contributed by atoms with van der Waals surface area (Å²) in [5.41, 5.74) is 0. The molecule has 0 rings (SSSR count). The van der Waals surface area contributed by atoms with Gasteiger partial charge in [0.25, 0.3) is 0 Å². The van der Waals surface area contributed by atoms with Crippen molar-refractivity contribution in [2.24, 2.45) is 0 Å². The average Bonchev–Trinajstić information content (AvgIpc) is 3.28. The zero-order valence-electron chi connectivity index (χ0n) is 40.0. The van der Waals surface area contributed by atoms with Gasteiger partial charge in [0, 0.05) is 19.3 Å². The Hall–Kier alpha value is -4.45. The van der Waals surface area contributed by atoms with Crippen LogP contribution in [0.3, 0.4) is 0 Å². The number of carbonyl (C=O) groups is 3. The lowest BCUT2D eigenvalue weighted by molar-refractivity contribution is -0.167. The van der Waals surface area contributed by atoms with Gasteiger partial charge in [-0.05, 0) is 103 Å². The molecule has 1 atom stereocenters. The second-order valence-electron chi connectivity index (χ2n) is 15.7. The summed E-state index contributed by atoms with van der Waals surface area (Å²) in [4.78, 5) is 37.9. The second kappa shape index (κ2) is 50.2. The van der Waals surface area contributed by atoms with Gasteiger partial charge >= 0.3 is 17.9 Å². The molecular weight excluding hydrogens is 781 g/mol.